The van der Waals surface area contributed by atoms with Gasteiger partial charge in [0.1, 0.15) is 6.67 Å². The maximum atomic E-state index is 10.5. The van der Waals surface area contributed by atoms with Gasteiger partial charge in [0.2, 0.25) is 0 Å². The molecule has 0 saturated carbocycles. The number of anilines is 1. The van der Waals surface area contributed by atoms with Crippen LogP contribution >= 0.6 is 0 Å². The number of carbonyl (C=O) groups is 1. The van der Waals surface area contributed by atoms with Gasteiger partial charge < -0.3 is 20.2 Å². The summed E-state index contributed by atoms with van der Waals surface area (Å²) in [7, 11) is 0. The second-order valence-corrected chi connectivity index (χ2v) is 3.73. The van der Waals surface area contributed by atoms with Crippen molar-refractivity contribution in [3.8, 4) is 11.5 Å². The summed E-state index contributed by atoms with van der Waals surface area (Å²) in [5.74, 6) is -1.38. The Hall–Kier alpha value is -2.24. The van der Waals surface area contributed by atoms with Crippen LogP contribution in [0.3, 0.4) is 0 Å². The van der Waals surface area contributed by atoms with Crippen molar-refractivity contribution in [3.63, 3.8) is 0 Å². The molecule has 90 valence electrons. The molecule has 2 rings (SSSR count). The predicted molar refractivity (Wildman–Crippen MR) is 61.8 cm³/mol. The number of aliphatic imine (C=N–C) groups is 1. The molecule has 1 aliphatic rings. The van der Waals surface area contributed by atoms with Crippen LogP contribution in [0.5, 0.6) is 11.5 Å². The van der Waals surface area contributed by atoms with Crippen LogP contribution in [0, 0.1) is 0 Å². The lowest BCUT2D eigenvalue weighted by Gasteiger charge is -2.27. The van der Waals surface area contributed by atoms with Gasteiger partial charge in [-0.05, 0) is 12.1 Å². The van der Waals surface area contributed by atoms with E-state index in [1.165, 1.54) is 6.07 Å². The predicted octanol–water partition coefficient (Wildman–Crippen LogP) is 0.769. The van der Waals surface area contributed by atoms with Crippen molar-refractivity contribution < 1.29 is 20.1 Å². The Morgan fingerprint density at radius 1 is 1.41 bits per heavy atom. The summed E-state index contributed by atoms with van der Waals surface area (Å²) in [4.78, 5) is 16.2. The number of rotatable bonds is 3. The highest BCUT2D eigenvalue weighted by Crippen LogP contribution is 2.39. The normalized spacial score (nSPS) is 13.5. The van der Waals surface area contributed by atoms with Gasteiger partial charge in [-0.15, -0.1) is 0 Å². The Morgan fingerprint density at radius 3 is 2.88 bits per heavy atom. The van der Waals surface area contributed by atoms with Gasteiger partial charge in [-0.25, -0.2) is 0 Å². The minimum absolute atomic E-state index is 0.0515. The van der Waals surface area contributed by atoms with Crippen LogP contribution < -0.4 is 4.90 Å². The van der Waals surface area contributed by atoms with Crippen LogP contribution in [0.1, 0.15) is 12.0 Å². The maximum absolute atomic E-state index is 10.5. The van der Waals surface area contributed by atoms with Crippen molar-refractivity contribution in [2.75, 3.05) is 18.1 Å². The Kier molecular flexibility index (Phi) is 2.86. The fraction of sp³-hybridized carbons (Fsp3) is 0.273. The van der Waals surface area contributed by atoms with Crippen LogP contribution in [0.25, 0.3) is 0 Å². The van der Waals surface area contributed by atoms with E-state index in [2.05, 4.69) is 4.99 Å². The first-order chi connectivity index (χ1) is 8.09. The summed E-state index contributed by atoms with van der Waals surface area (Å²) >= 11 is 0. The molecular formula is C11H12N2O4. The minimum Gasteiger partial charge on any atom is -0.504 e. The van der Waals surface area contributed by atoms with Gasteiger partial charge in [-0.2, -0.15) is 0 Å². The van der Waals surface area contributed by atoms with E-state index in [0.29, 0.717) is 11.3 Å². The molecule has 17 heavy (non-hydrogen) atoms. The molecular weight excluding hydrogens is 224 g/mol. The lowest BCUT2D eigenvalue weighted by molar-refractivity contribution is -0.136. The standard InChI is InChI=1S/C11H12N2O4/c14-8-2-1-7-5-12-6-13(4-3-9(15)16)10(7)11(8)17/h1-2,5,14,17H,3-4,6H2,(H,15,16). The maximum Gasteiger partial charge on any atom is 0.305 e. The highest BCUT2D eigenvalue weighted by molar-refractivity contribution is 5.93. The van der Waals surface area contributed by atoms with Crippen molar-refractivity contribution in [1.82, 2.24) is 0 Å². The molecule has 1 heterocycles. The smallest absolute Gasteiger partial charge is 0.305 e. The third kappa shape index (κ3) is 2.15. The number of aliphatic carboxylic acids is 1. The van der Waals surface area contributed by atoms with Crippen molar-refractivity contribution in [3.05, 3.63) is 17.7 Å². The second-order valence-electron chi connectivity index (χ2n) is 3.73. The van der Waals surface area contributed by atoms with Gasteiger partial charge in [0.25, 0.3) is 0 Å². The third-order valence-electron chi connectivity index (χ3n) is 2.56. The molecule has 1 aromatic carbocycles. The summed E-state index contributed by atoms with van der Waals surface area (Å²) in [6.07, 6.45) is 1.54. The summed E-state index contributed by atoms with van der Waals surface area (Å²) in [6.45, 7) is 0.508. The van der Waals surface area contributed by atoms with Crippen LogP contribution in [0.15, 0.2) is 17.1 Å². The van der Waals surface area contributed by atoms with Gasteiger partial charge in [-0.3, -0.25) is 9.79 Å². The number of carboxylic acids is 1. The van der Waals surface area contributed by atoms with E-state index in [-0.39, 0.29) is 31.1 Å². The van der Waals surface area contributed by atoms with Crippen molar-refractivity contribution in [1.29, 1.82) is 0 Å². The molecule has 1 aromatic rings. The van der Waals surface area contributed by atoms with E-state index in [9.17, 15) is 15.0 Å². The molecule has 0 saturated heterocycles. The lowest BCUT2D eigenvalue weighted by Crippen LogP contribution is -2.29. The highest BCUT2D eigenvalue weighted by Gasteiger charge is 2.20. The largest absolute Gasteiger partial charge is 0.504 e. The summed E-state index contributed by atoms with van der Waals surface area (Å²) in [6, 6.07) is 3.00. The number of phenols is 2. The van der Waals surface area contributed by atoms with Gasteiger partial charge in [0, 0.05) is 18.3 Å². The first-order valence-corrected chi connectivity index (χ1v) is 5.11. The van der Waals surface area contributed by atoms with Crippen molar-refractivity contribution in [2.45, 2.75) is 6.42 Å². The molecule has 0 spiro atoms. The minimum atomic E-state index is -0.916. The molecule has 1 aliphatic heterocycles. The lowest BCUT2D eigenvalue weighted by atomic mass is 10.1. The molecule has 0 fully saturated rings. The van der Waals surface area contributed by atoms with Crippen molar-refractivity contribution in [2.24, 2.45) is 4.99 Å². The van der Waals surface area contributed by atoms with Gasteiger partial charge in [0.15, 0.2) is 11.5 Å². The van der Waals surface area contributed by atoms with Crippen LogP contribution in [0.4, 0.5) is 5.69 Å². The summed E-state index contributed by atoms with van der Waals surface area (Å²) in [5, 5.41) is 27.9. The van der Waals surface area contributed by atoms with E-state index in [0.717, 1.165) is 0 Å². The number of aromatic hydroxyl groups is 2. The fourth-order valence-corrected chi connectivity index (χ4v) is 1.74. The van der Waals surface area contributed by atoms with Gasteiger partial charge in [-0.1, -0.05) is 0 Å². The molecule has 0 aliphatic carbocycles. The van der Waals surface area contributed by atoms with E-state index in [4.69, 9.17) is 5.11 Å². The van der Waals surface area contributed by atoms with E-state index in [1.54, 1.807) is 17.2 Å². The quantitative estimate of drug-likeness (QED) is 0.674. The van der Waals surface area contributed by atoms with Gasteiger partial charge in [0.05, 0.1) is 12.1 Å². The molecule has 0 radical (unpaired) electrons. The first-order valence-electron chi connectivity index (χ1n) is 5.11. The average Bonchev–Trinajstić information content (AvgIpc) is 2.31. The first kappa shape index (κ1) is 11.3. The Labute approximate surface area is 97.4 Å². The zero-order chi connectivity index (χ0) is 12.4. The Morgan fingerprint density at radius 2 is 2.18 bits per heavy atom. The van der Waals surface area contributed by atoms with Crippen LogP contribution in [-0.4, -0.2) is 40.7 Å². The van der Waals surface area contributed by atoms with E-state index >= 15 is 0 Å². The molecule has 0 amide bonds. The fourth-order valence-electron chi connectivity index (χ4n) is 1.74. The second kappa shape index (κ2) is 4.32. The number of hydrogen-bond donors (Lipinski definition) is 3. The molecule has 6 nitrogen and oxygen atoms in total. The summed E-state index contributed by atoms with van der Waals surface area (Å²) in [5.41, 5.74) is 1.10. The van der Waals surface area contributed by atoms with Gasteiger partial charge >= 0.3 is 5.97 Å². The average molecular weight is 236 g/mol. The van der Waals surface area contributed by atoms with Crippen LogP contribution in [-0.2, 0) is 4.79 Å². The number of carboxylic acid groups (broad SMARTS) is 1. The number of nitrogens with zero attached hydrogens (tertiary/aromatic N) is 2. The number of hydrogen-bond acceptors (Lipinski definition) is 5. The zero-order valence-corrected chi connectivity index (χ0v) is 9.00. The van der Waals surface area contributed by atoms with Crippen LogP contribution in [0.2, 0.25) is 0 Å². The third-order valence-corrected chi connectivity index (χ3v) is 2.56. The molecule has 6 heteroatoms. The molecule has 0 atom stereocenters. The number of benzene rings is 1. The molecule has 0 unspecified atom stereocenters. The van der Waals surface area contributed by atoms with E-state index < -0.39 is 5.97 Å². The monoisotopic (exact) mass is 236 g/mol. The molecule has 3 N–H and O–H groups in total. The Bertz CT molecular complexity index is 485. The number of fused-ring (bicyclic) bond motifs is 1. The topological polar surface area (TPSA) is 93.4 Å². The highest BCUT2D eigenvalue weighted by atomic mass is 16.4. The molecule has 0 aromatic heterocycles. The zero-order valence-electron chi connectivity index (χ0n) is 9.00. The Balaban J connectivity index is 2.33. The van der Waals surface area contributed by atoms with E-state index in [1.807, 2.05) is 0 Å². The molecule has 0 bridgehead atoms. The number of phenolic OH excluding ortho intramolecular Hbond substituents is 2. The SMILES string of the molecule is O=C(O)CCN1CN=Cc2ccc(O)c(O)c21. The van der Waals surface area contributed by atoms with Crippen molar-refractivity contribution >= 4 is 17.9 Å². The summed E-state index contributed by atoms with van der Waals surface area (Å²) < 4.78 is 0.